The lowest BCUT2D eigenvalue weighted by Crippen LogP contribution is -2.50. The van der Waals surface area contributed by atoms with Gasteiger partial charge in [-0.2, -0.15) is 0 Å². The molecule has 9 nitrogen and oxygen atoms in total. The lowest BCUT2D eigenvalue weighted by atomic mass is 9.86. The molecule has 0 saturated carbocycles. The second-order valence-electron chi connectivity index (χ2n) is 11.3. The van der Waals surface area contributed by atoms with E-state index in [9.17, 15) is 24.3 Å². The van der Waals surface area contributed by atoms with Crippen LogP contribution in [0.1, 0.15) is 44.7 Å². The molecule has 2 amide bonds. The van der Waals surface area contributed by atoms with Crippen LogP contribution in [0, 0.1) is 0 Å². The van der Waals surface area contributed by atoms with E-state index in [1.54, 1.807) is 0 Å². The molecule has 41 heavy (non-hydrogen) atoms. The van der Waals surface area contributed by atoms with Crippen molar-refractivity contribution in [2.75, 3.05) is 33.1 Å². The van der Waals surface area contributed by atoms with Crippen molar-refractivity contribution in [2.24, 2.45) is 0 Å². The molecule has 210 valence electrons. The van der Waals surface area contributed by atoms with Crippen LogP contribution >= 0.6 is 0 Å². The fourth-order valence-corrected chi connectivity index (χ4v) is 8.59. The number of hydrogen-bond acceptors (Lipinski definition) is 7. The summed E-state index contributed by atoms with van der Waals surface area (Å²) in [5, 5.41) is 15.1. The van der Waals surface area contributed by atoms with Crippen LogP contribution in [0.15, 0.2) is 65.4 Å². The van der Waals surface area contributed by atoms with E-state index in [0.717, 1.165) is 32.9 Å². The largest absolute Gasteiger partial charge is 0.545 e. The van der Waals surface area contributed by atoms with Gasteiger partial charge < -0.3 is 19.6 Å². The van der Waals surface area contributed by atoms with Crippen LogP contribution in [-0.2, 0) is 14.4 Å². The molecule has 1 fully saturated rings. The summed E-state index contributed by atoms with van der Waals surface area (Å²) in [6.45, 7) is 4.55. The Morgan fingerprint density at radius 1 is 0.976 bits per heavy atom. The van der Waals surface area contributed by atoms with E-state index in [1.165, 1.54) is 18.2 Å². The van der Waals surface area contributed by atoms with E-state index >= 15 is 0 Å². The van der Waals surface area contributed by atoms with Crippen molar-refractivity contribution < 1.29 is 33.7 Å². The van der Waals surface area contributed by atoms with E-state index in [-0.39, 0.29) is 24.0 Å². The van der Waals surface area contributed by atoms with Crippen LogP contribution in [0.3, 0.4) is 0 Å². The monoisotopic (exact) mass is 569 g/mol. The number of hydrogen-bond donors (Lipinski definition) is 0. The number of amides is 2. The summed E-state index contributed by atoms with van der Waals surface area (Å²) in [4.78, 5) is 56.7. The number of nitrogens with zero attached hydrogens (tertiary/aromatic N) is 3. The lowest BCUT2D eigenvalue weighted by molar-refractivity contribution is -0.462. The maximum Gasteiger partial charge on any atom is 0.363 e. The molecule has 0 bridgehead atoms. The Balaban J connectivity index is 1.77. The van der Waals surface area contributed by atoms with Gasteiger partial charge in [-0.05, 0) is 63.0 Å². The zero-order valence-corrected chi connectivity index (χ0v) is 24.9. The van der Waals surface area contributed by atoms with Gasteiger partial charge in [0.2, 0.25) is 0 Å². The van der Waals surface area contributed by atoms with Crippen molar-refractivity contribution in [3.63, 3.8) is 0 Å². The van der Waals surface area contributed by atoms with E-state index in [4.69, 9.17) is 4.84 Å². The number of anilines is 1. The topological polar surface area (TPSA) is 110 Å². The quantitative estimate of drug-likeness (QED) is 0.307. The molecule has 1 aliphatic carbocycles. The zero-order chi connectivity index (χ0) is 29.8. The van der Waals surface area contributed by atoms with Crippen molar-refractivity contribution >= 4 is 54.0 Å². The van der Waals surface area contributed by atoms with E-state index in [0.29, 0.717) is 16.2 Å². The van der Waals surface area contributed by atoms with Crippen LogP contribution < -0.4 is 15.2 Å². The summed E-state index contributed by atoms with van der Waals surface area (Å²) < 4.78 is 2.03. The number of allylic oxidation sites excluding steroid dienone is 5. The maximum absolute atomic E-state index is 13.1. The average molecular weight is 570 g/mol. The fourth-order valence-electron chi connectivity index (χ4n) is 5.52. The zero-order valence-electron chi connectivity index (χ0n) is 23.9. The highest BCUT2D eigenvalue weighted by Crippen LogP contribution is 2.43. The second kappa shape index (κ2) is 10.1. The van der Waals surface area contributed by atoms with Gasteiger partial charge in [0.15, 0.2) is 5.71 Å². The van der Waals surface area contributed by atoms with Gasteiger partial charge in [0.05, 0.1) is 11.5 Å². The van der Waals surface area contributed by atoms with Gasteiger partial charge in [0, 0.05) is 50.3 Å². The van der Waals surface area contributed by atoms with Crippen molar-refractivity contribution in [1.29, 1.82) is 0 Å². The van der Waals surface area contributed by atoms with Crippen LogP contribution in [0.5, 0.6) is 0 Å². The molecule has 2 aliphatic heterocycles. The van der Waals surface area contributed by atoms with Gasteiger partial charge in [-0.25, -0.2) is 9.37 Å². The second-order valence-corrected chi connectivity index (χ2v) is 15.6. The van der Waals surface area contributed by atoms with E-state index < -0.39 is 31.8 Å². The first-order valence-electron chi connectivity index (χ1n) is 13.3. The number of benzene rings is 2. The molecule has 0 unspecified atom stereocenters. The molecule has 0 N–H and O–H groups in total. The Bertz CT molecular complexity index is 1660. The maximum atomic E-state index is 13.1. The van der Waals surface area contributed by atoms with Gasteiger partial charge in [-0.15, -0.1) is 5.06 Å². The number of carboxylic acids is 1. The molecule has 2 heterocycles. The first-order valence-corrected chi connectivity index (χ1v) is 16.3. The average Bonchev–Trinajstić information content (AvgIpc) is 3.24. The lowest BCUT2D eigenvalue weighted by Gasteiger charge is -2.38. The van der Waals surface area contributed by atoms with Crippen molar-refractivity contribution in [2.45, 2.75) is 25.9 Å². The molecule has 2 aromatic carbocycles. The number of imide groups is 1. The summed E-state index contributed by atoms with van der Waals surface area (Å²) in [6, 6.07) is 10.2. The Kier molecular flexibility index (Phi) is 6.90. The smallest absolute Gasteiger partial charge is 0.363 e. The number of carboxylic acid groups (broad SMARTS) is 1. The molecule has 0 aromatic heterocycles. The highest BCUT2D eigenvalue weighted by molar-refractivity contribution is 6.98. The van der Waals surface area contributed by atoms with Gasteiger partial charge in [0.25, 0.3) is 11.8 Å². The van der Waals surface area contributed by atoms with E-state index in [1.807, 2.05) is 62.0 Å². The van der Waals surface area contributed by atoms with Gasteiger partial charge in [-0.1, -0.05) is 25.2 Å². The number of carbonyl (C=O) groups is 4. The van der Waals surface area contributed by atoms with Crippen LogP contribution in [0.2, 0.25) is 13.1 Å². The summed E-state index contributed by atoms with van der Waals surface area (Å²) in [7, 11) is 5.60. The third kappa shape index (κ3) is 4.74. The number of fused-ring (bicyclic) bond motifs is 2. The molecule has 0 radical (unpaired) electrons. The number of hydroxylamine groups is 2. The molecule has 2 aromatic rings. The van der Waals surface area contributed by atoms with Crippen LogP contribution in [0.4, 0.5) is 5.69 Å². The van der Waals surface area contributed by atoms with Crippen molar-refractivity contribution in [1.82, 2.24) is 5.06 Å². The summed E-state index contributed by atoms with van der Waals surface area (Å²) >= 11 is 0. The fraction of sp³-hybridized carbons (Fsp3) is 0.258. The third-order valence-electron chi connectivity index (χ3n) is 7.85. The first kappa shape index (κ1) is 28.0. The standard InChI is InChI=1S/C31H31N3O6Si/c1-32(2)19-8-11-22-25(16-19)41(5,6)26-17-20(33(3)4)9-12-23(26)29(22)24-15-18(7-10-21(24)30(37)38)31(39)40-34-27(35)13-14-28(34)36/h7-12,15-17H,13-14H2,1-6H3. The number of aromatic carboxylic acids is 1. The van der Waals surface area contributed by atoms with E-state index in [2.05, 4.69) is 25.2 Å². The summed E-state index contributed by atoms with van der Waals surface area (Å²) in [6.07, 6.45) is 6.09. The SMILES string of the molecule is CN(C)c1ccc2c(c1)[Si](C)(C)C1=CC(=[N+](C)C)C=CC1=C2c1cc(C(=O)ON2C(=O)CCC2=O)ccc1C(=O)[O-]. The molecular weight excluding hydrogens is 538 g/mol. The minimum Gasteiger partial charge on any atom is -0.545 e. The Morgan fingerprint density at radius 2 is 1.66 bits per heavy atom. The number of carbonyl (C=O) groups excluding carboxylic acids is 4. The number of rotatable bonds is 5. The Morgan fingerprint density at radius 3 is 2.27 bits per heavy atom. The molecule has 10 heteroatoms. The minimum atomic E-state index is -2.29. The van der Waals surface area contributed by atoms with Crippen molar-refractivity contribution in [3.8, 4) is 0 Å². The normalized spacial score (nSPS) is 17.3. The highest BCUT2D eigenvalue weighted by Gasteiger charge is 2.41. The van der Waals surface area contributed by atoms with Crippen LogP contribution in [0.25, 0.3) is 5.57 Å². The van der Waals surface area contributed by atoms with Gasteiger partial charge >= 0.3 is 5.97 Å². The van der Waals surface area contributed by atoms with Gasteiger partial charge in [0.1, 0.15) is 22.2 Å². The highest BCUT2D eigenvalue weighted by atomic mass is 28.3. The molecule has 0 spiro atoms. The van der Waals surface area contributed by atoms with Gasteiger partial charge in [-0.3, -0.25) is 9.59 Å². The summed E-state index contributed by atoms with van der Waals surface area (Å²) in [5.41, 5.74) is 4.69. The predicted molar refractivity (Wildman–Crippen MR) is 156 cm³/mol. The Hall–Kier alpha value is -4.57. The Labute approximate surface area is 239 Å². The molecular formula is C31H31N3O6Si. The van der Waals surface area contributed by atoms with Crippen LogP contribution in [-0.4, -0.2) is 75.4 Å². The summed E-state index contributed by atoms with van der Waals surface area (Å²) in [5.74, 6) is -3.52. The predicted octanol–water partition coefficient (Wildman–Crippen LogP) is 1.82. The molecule has 5 rings (SSSR count). The first-order chi connectivity index (χ1) is 19.3. The van der Waals surface area contributed by atoms with Crippen molar-refractivity contribution in [3.05, 3.63) is 87.6 Å². The molecule has 0 atom stereocenters. The molecule has 1 saturated heterocycles. The minimum absolute atomic E-state index is 0.00463. The molecule has 3 aliphatic rings. The third-order valence-corrected chi connectivity index (χ3v) is 11.4.